The van der Waals surface area contributed by atoms with Crippen molar-refractivity contribution in [2.45, 2.75) is 406 Å². The van der Waals surface area contributed by atoms with Gasteiger partial charge in [-0.3, -0.25) is 37.3 Å². The first-order valence-electron chi connectivity index (χ1n) is 38.6. The molecule has 19 heteroatoms. The van der Waals surface area contributed by atoms with Gasteiger partial charge in [0.25, 0.3) is 0 Å². The highest BCUT2D eigenvalue weighted by Crippen LogP contribution is 2.45. The lowest BCUT2D eigenvalue weighted by molar-refractivity contribution is -0.161. The number of hydrogen-bond donors (Lipinski definition) is 3. The molecular weight excluding hydrogens is 1220 g/mol. The van der Waals surface area contributed by atoms with Crippen molar-refractivity contribution in [1.82, 2.24) is 0 Å². The van der Waals surface area contributed by atoms with E-state index >= 15 is 0 Å². The molecule has 0 saturated heterocycles. The van der Waals surface area contributed by atoms with Gasteiger partial charge in [0.2, 0.25) is 0 Å². The highest BCUT2D eigenvalue weighted by atomic mass is 31.2. The van der Waals surface area contributed by atoms with E-state index in [1.165, 1.54) is 205 Å². The molecule has 3 N–H and O–H groups in total. The lowest BCUT2D eigenvalue weighted by atomic mass is 10.0. The number of aliphatic hydroxyl groups excluding tert-OH is 1. The van der Waals surface area contributed by atoms with Gasteiger partial charge < -0.3 is 33.8 Å². The van der Waals surface area contributed by atoms with Crippen LogP contribution < -0.4 is 0 Å². The number of aliphatic hydroxyl groups is 1. The van der Waals surface area contributed by atoms with Crippen LogP contribution in [0.15, 0.2) is 0 Å². The first kappa shape index (κ1) is 91.1. The number of unbranched alkanes of at least 4 members (excludes halogenated alkanes) is 46. The zero-order valence-corrected chi connectivity index (χ0v) is 62.2. The molecule has 2 unspecified atom stereocenters. The molecule has 0 heterocycles. The van der Waals surface area contributed by atoms with Crippen LogP contribution in [0, 0.1) is 5.92 Å². The Morgan fingerprint density at radius 2 is 0.495 bits per heavy atom. The molecule has 0 spiro atoms. The summed E-state index contributed by atoms with van der Waals surface area (Å²) in [6, 6.07) is 0. The average Bonchev–Trinajstić information content (AvgIpc) is 1.85. The summed E-state index contributed by atoms with van der Waals surface area (Å²) in [5, 5.41) is 10.6. The Balaban J connectivity index is 5.14. The van der Waals surface area contributed by atoms with Crippen molar-refractivity contribution in [3.63, 3.8) is 0 Å². The van der Waals surface area contributed by atoms with Crippen molar-refractivity contribution < 1.29 is 80.2 Å². The van der Waals surface area contributed by atoms with E-state index in [-0.39, 0.29) is 25.7 Å². The average molecular weight is 1370 g/mol. The van der Waals surface area contributed by atoms with Gasteiger partial charge in [-0.05, 0) is 31.6 Å². The fraction of sp³-hybridized carbons (Fsp3) is 0.946. The first-order chi connectivity index (χ1) is 45.0. The van der Waals surface area contributed by atoms with Gasteiger partial charge in [-0.2, -0.15) is 0 Å². The third kappa shape index (κ3) is 68.4. The zero-order chi connectivity index (χ0) is 68.4. The highest BCUT2D eigenvalue weighted by molar-refractivity contribution is 7.47. The monoisotopic (exact) mass is 1370 g/mol. The predicted octanol–water partition coefficient (Wildman–Crippen LogP) is 21.7. The number of esters is 4. The Hall–Kier alpha value is -1.94. The van der Waals surface area contributed by atoms with Crippen LogP contribution in [-0.4, -0.2) is 96.7 Å². The summed E-state index contributed by atoms with van der Waals surface area (Å²) >= 11 is 0. The van der Waals surface area contributed by atoms with Crippen LogP contribution in [0.3, 0.4) is 0 Å². The maximum atomic E-state index is 13.1. The van der Waals surface area contributed by atoms with Gasteiger partial charge in [-0.1, -0.05) is 336 Å². The molecule has 0 rings (SSSR count). The van der Waals surface area contributed by atoms with Crippen LogP contribution in [0.4, 0.5) is 0 Å². The summed E-state index contributed by atoms with van der Waals surface area (Å²) in [6.07, 6.45) is 55.8. The summed E-state index contributed by atoms with van der Waals surface area (Å²) in [5.74, 6) is -1.32. The number of carbonyl (C=O) groups excluding carboxylic acids is 4. The highest BCUT2D eigenvalue weighted by Gasteiger charge is 2.30. The van der Waals surface area contributed by atoms with Crippen LogP contribution in [0.5, 0.6) is 0 Å². The van der Waals surface area contributed by atoms with Crippen molar-refractivity contribution in [1.29, 1.82) is 0 Å². The molecule has 0 aliphatic rings. The van der Waals surface area contributed by atoms with E-state index in [1.54, 1.807) is 0 Å². The van der Waals surface area contributed by atoms with Crippen molar-refractivity contribution in [2.75, 3.05) is 39.6 Å². The third-order valence-electron chi connectivity index (χ3n) is 17.3. The van der Waals surface area contributed by atoms with Crippen LogP contribution in [-0.2, 0) is 65.4 Å². The van der Waals surface area contributed by atoms with E-state index in [0.717, 1.165) is 102 Å². The Morgan fingerprint density at radius 1 is 0.290 bits per heavy atom. The van der Waals surface area contributed by atoms with Gasteiger partial charge in [-0.15, -0.1) is 0 Å². The van der Waals surface area contributed by atoms with Gasteiger partial charge in [0.15, 0.2) is 12.2 Å². The molecule has 0 bridgehead atoms. The van der Waals surface area contributed by atoms with E-state index in [0.29, 0.717) is 25.7 Å². The molecule has 0 radical (unpaired) electrons. The van der Waals surface area contributed by atoms with E-state index in [1.807, 2.05) is 0 Å². The molecule has 0 aromatic heterocycles. The molecule has 0 fully saturated rings. The van der Waals surface area contributed by atoms with Gasteiger partial charge in [0.05, 0.1) is 26.4 Å². The predicted molar refractivity (Wildman–Crippen MR) is 377 cm³/mol. The van der Waals surface area contributed by atoms with Gasteiger partial charge in [0, 0.05) is 25.7 Å². The van der Waals surface area contributed by atoms with E-state index in [4.69, 9.17) is 37.0 Å². The molecule has 5 atom stereocenters. The van der Waals surface area contributed by atoms with Crippen LogP contribution in [0.2, 0.25) is 0 Å². The quantitative estimate of drug-likeness (QED) is 0.0222. The van der Waals surface area contributed by atoms with Crippen LogP contribution >= 0.6 is 15.6 Å². The second kappa shape index (κ2) is 67.3. The van der Waals surface area contributed by atoms with Gasteiger partial charge in [0.1, 0.15) is 19.3 Å². The maximum absolute atomic E-state index is 13.1. The lowest BCUT2D eigenvalue weighted by Gasteiger charge is -2.21. The van der Waals surface area contributed by atoms with Crippen LogP contribution in [0.25, 0.3) is 0 Å². The molecule has 0 aromatic carbocycles. The largest absolute Gasteiger partial charge is 0.472 e. The van der Waals surface area contributed by atoms with E-state index < -0.39 is 97.5 Å². The molecule has 552 valence electrons. The minimum Gasteiger partial charge on any atom is -0.462 e. The minimum atomic E-state index is -4.95. The standard InChI is InChI=1S/C74H144O17P2/c1-6-9-12-15-17-19-21-23-26-31-35-39-43-48-53-58-72(77)85-64-70(91-74(79)60-55-50-45-41-37-33-29-25-28-30-34-38-42-47-51-56-67(4)5)66-89-93(82,83)87-62-68(75)61-86-92(80,81)88-65-69(63-84-71(76)57-52-46-14-11-8-3)90-73(78)59-54-49-44-40-36-32-27-24-22-20-18-16-13-10-7-2/h67-70,75H,6-66H2,1-5H3,(H,80,81)(H,82,83)/t68-,69+,70+/m0/s1. The molecule has 0 saturated carbocycles. The van der Waals surface area contributed by atoms with Crippen molar-refractivity contribution in [2.24, 2.45) is 5.92 Å². The second-order valence-electron chi connectivity index (χ2n) is 27.2. The number of hydrogen-bond acceptors (Lipinski definition) is 15. The van der Waals surface area contributed by atoms with Crippen molar-refractivity contribution in [3.05, 3.63) is 0 Å². The number of rotatable bonds is 74. The Kier molecular flexibility index (Phi) is 65.9. The van der Waals surface area contributed by atoms with Gasteiger partial charge in [-0.25, -0.2) is 9.13 Å². The Bertz CT molecular complexity index is 1790. The molecule has 0 aliphatic heterocycles. The minimum absolute atomic E-state index is 0.107. The Labute approximate surface area is 568 Å². The summed E-state index contributed by atoms with van der Waals surface area (Å²) in [5.41, 5.74) is 0. The topological polar surface area (TPSA) is 237 Å². The molecule has 0 aliphatic carbocycles. The van der Waals surface area contributed by atoms with Gasteiger partial charge >= 0.3 is 39.5 Å². The first-order valence-corrected chi connectivity index (χ1v) is 41.6. The molecule has 0 amide bonds. The second-order valence-corrected chi connectivity index (χ2v) is 30.1. The SMILES string of the molecule is CCCCCCCCCCCCCCCCCC(=O)OC[C@H](COP(=O)(O)OC[C@@H](O)COP(=O)(O)OC[C@@H](COC(=O)CCCCCCC)OC(=O)CCCCCCCCCCCCCCCCC)OC(=O)CCCCCCCCCCCCCCCCCC(C)C. The fourth-order valence-electron chi connectivity index (χ4n) is 11.4. The van der Waals surface area contributed by atoms with Crippen molar-refractivity contribution >= 4 is 39.5 Å². The normalized spacial score (nSPS) is 14.0. The molecule has 93 heavy (non-hydrogen) atoms. The van der Waals surface area contributed by atoms with E-state index in [2.05, 4.69) is 34.6 Å². The molecular formula is C74H144O17P2. The summed E-state index contributed by atoms with van der Waals surface area (Å²) in [6.45, 7) is 7.23. The number of phosphoric ester groups is 2. The summed E-state index contributed by atoms with van der Waals surface area (Å²) in [4.78, 5) is 72.5. The Morgan fingerprint density at radius 3 is 0.731 bits per heavy atom. The van der Waals surface area contributed by atoms with Crippen molar-refractivity contribution in [3.8, 4) is 0 Å². The summed E-state index contributed by atoms with van der Waals surface area (Å²) in [7, 11) is -9.90. The number of ether oxygens (including phenoxy) is 4. The molecule has 17 nitrogen and oxygen atoms in total. The summed E-state index contributed by atoms with van der Waals surface area (Å²) < 4.78 is 68.3. The van der Waals surface area contributed by atoms with E-state index in [9.17, 15) is 43.2 Å². The molecule has 0 aromatic rings. The third-order valence-corrected chi connectivity index (χ3v) is 19.2. The smallest absolute Gasteiger partial charge is 0.462 e. The number of phosphoric acid groups is 2. The lowest BCUT2D eigenvalue weighted by Crippen LogP contribution is -2.30. The number of carbonyl (C=O) groups is 4. The zero-order valence-electron chi connectivity index (χ0n) is 60.4. The van der Waals surface area contributed by atoms with Crippen LogP contribution in [0.1, 0.15) is 388 Å². The maximum Gasteiger partial charge on any atom is 0.472 e. The fourth-order valence-corrected chi connectivity index (χ4v) is 12.9.